The molecule has 0 aliphatic carbocycles. The number of hydrogen-bond acceptors (Lipinski definition) is 13. The molecule has 10 atom stereocenters. The normalized spacial score (nSPS) is 15.4. The average molecular weight is 1030 g/mol. The summed E-state index contributed by atoms with van der Waals surface area (Å²) in [6, 6.07) is -12.5. The molecule has 0 fully saturated rings. The van der Waals surface area contributed by atoms with Gasteiger partial charge in [0.2, 0.25) is 53.2 Å². The molecule has 0 unspecified atom stereocenters. The predicted molar refractivity (Wildman–Crippen MR) is 265 cm³/mol. The number of amides is 9. The minimum atomic E-state index is -1.89. The number of rotatable bonds is 34. The molecular formula is C46H83N13O13. The van der Waals surface area contributed by atoms with Crippen LogP contribution in [0.25, 0.3) is 0 Å². The van der Waals surface area contributed by atoms with E-state index in [1.807, 2.05) is 0 Å². The van der Waals surface area contributed by atoms with E-state index in [1.165, 1.54) is 6.92 Å². The second kappa shape index (κ2) is 32.4. The van der Waals surface area contributed by atoms with E-state index in [-0.39, 0.29) is 74.7 Å². The maximum Gasteiger partial charge on any atom is 0.326 e. The highest BCUT2D eigenvalue weighted by Gasteiger charge is 2.37. The summed E-state index contributed by atoms with van der Waals surface area (Å²) < 4.78 is 0. The van der Waals surface area contributed by atoms with Crippen LogP contribution >= 0.6 is 0 Å². The van der Waals surface area contributed by atoms with Gasteiger partial charge in [0.05, 0.1) is 18.9 Å². The average Bonchev–Trinajstić information content (AvgIpc) is 3.25. The fraction of sp³-hybridized carbons (Fsp3) is 0.739. The van der Waals surface area contributed by atoms with Gasteiger partial charge in [0.15, 0.2) is 5.96 Å². The molecule has 26 heteroatoms. The first-order chi connectivity index (χ1) is 33.3. The Bertz CT molecular complexity index is 1910. The first-order valence-corrected chi connectivity index (χ1v) is 24.3. The van der Waals surface area contributed by atoms with Gasteiger partial charge in [-0.1, -0.05) is 75.7 Å². The number of carboxylic acid groups (broad SMARTS) is 2. The second-order valence-corrected chi connectivity index (χ2v) is 19.7. The molecule has 0 aromatic heterocycles. The minimum absolute atomic E-state index is 0.0201. The summed E-state index contributed by atoms with van der Waals surface area (Å²) in [5.41, 5.74) is 22.2. The monoisotopic (exact) mass is 1030 g/mol. The number of carbonyl (C=O) groups is 11. The quantitative estimate of drug-likeness (QED) is 0.0181. The predicted octanol–water partition coefficient (Wildman–Crippen LogP) is -2.46. The summed E-state index contributed by atoms with van der Waals surface area (Å²) in [6.45, 7) is 18.7. The molecule has 410 valence electrons. The third kappa shape index (κ3) is 25.5. The van der Waals surface area contributed by atoms with Crippen LogP contribution in [0.4, 0.5) is 0 Å². The largest absolute Gasteiger partial charge is 0.481 e. The van der Waals surface area contributed by atoms with Gasteiger partial charge in [-0.2, -0.15) is 0 Å². The molecule has 0 saturated carbocycles. The van der Waals surface area contributed by atoms with Gasteiger partial charge in [-0.05, 0) is 68.6 Å². The Kier molecular flexibility index (Phi) is 29.4. The molecule has 0 radical (unpaired) electrons. The standard InChI is InChI=1S/C46H83N13O13/c1-12-25(10)36(59-42(68)31(20-34(61)62)55-41(67)30(19-33(47)60)54-40(66)29(17-22(4)5)56-43(69)35(48)24(8)9)44(70)57-28(16-21(2)3)39(65)52-26(11)37(63)53-27(14-13-15-51-46(49)50)38(64)58-32(45(71)72)18-23(6)7/h21-32,35-36H,12-20,48H2,1-11H3,(H2,47,60)(H,52,65)(H,53,63)(H,54,66)(H,55,67)(H,56,69)(H,57,70)(H,58,64)(H,59,68)(H,61,62)(H,71,72)(H4,49,50,51)/t25-,26-,27-,28-,29-,30-,31-,32-,35-,36-/m0/s1. The van der Waals surface area contributed by atoms with Crippen molar-refractivity contribution in [1.82, 2.24) is 42.5 Å². The summed E-state index contributed by atoms with van der Waals surface area (Å²) in [5, 5.41) is 39.2. The zero-order valence-corrected chi connectivity index (χ0v) is 43.6. The minimum Gasteiger partial charge on any atom is -0.481 e. The number of nitrogens with one attached hydrogen (secondary N) is 8. The number of aliphatic carboxylic acids is 2. The number of guanidine groups is 1. The van der Waals surface area contributed by atoms with E-state index in [2.05, 4.69) is 47.5 Å². The molecular weight excluding hydrogens is 943 g/mol. The molecule has 0 aliphatic heterocycles. The van der Waals surface area contributed by atoms with Crippen molar-refractivity contribution in [2.24, 2.45) is 57.5 Å². The highest BCUT2D eigenvalue weighted by Crippen LogP contribution is 2.14. The van der Waals surface area contributed by atoms with Crippen molar-refractivity contribution in [3.05, 3.63) is 0 Å². The van der Waals surface area contributed by atoms with Crippen molar-refractivity contribution in [3.63, 3.8) is 0 Å². The van der Waals surface area contributed by atoms with E-state index in [9.17, 15) is 63.0 Å². The summed E-state index contributed by atoms with van der Waals surface area (Å²) >= 11 is 0. The molecule has 0 saturated heterocycles. The zero-order chi connectivity index (χ0) is 55.7. The van der Waals surface area contributed by atoms with Crippen LogP contribution in [-0.2, 0) is 52.7 Å². The summed E-state index contributed by atoms with van der Waals surface area (Å²) in [6.07, 6.45) is -1.18. The first kappa shape index (κ1) is 65.4. The van der Waals surface area contributed by atoms with Crippen LogP contribution in [-0.4, -0.2) is 142 Å². The van der Waals surface area contributed by atoms with Gasteiger partial charge in [0.25, 0.3) is 0 Å². The third-order valence-corrected chi connectivity index (χ3v) is 11.2. The molecule has 0 aromatic rings. The molecule has 0 bridgehead atoms. The maximum absolute atomic E-state index is 14.1. The van der Waals surface area contributed by atoms with E-state index >= 15 is 0 Å². The van der Waals surface area contributed by atoms with Gasteiger partial charge in [0, 0.05) is 6.54 Å². The van der Waals surface area contributed by atoms with Crippen LogP contribution in [0.2, 0.25) is 0 Å². The van der Waals surface area contributed by atoms with Gasteiger partial charge in [0.1, 0.15) is 48.3 Å². The molecule has 0 aliphatic rings. The van der Waals surface area contributed by atoms with Gasteiger partial charge in [-0.3, -0.25) is 52.9 Å². The smallest absolute Gasteiger partial charge is 0.326 e. The molecule has 0 heterocycles. The Morgan fingerprint density at radius 2 is 0.889 bits per heavy atom. The van der Waals surface area contributed by atoms with E-state index in [4.69, 9.17) is 22.9 Å². The van der Waals surface area contributed by atoms with Crippen molar-refractivity contribution in [1.29, 1.82) is 0 Å². The van der Waals surface area contributed by atoms with Gasteiger partial charge in [-0.25, -0.2) is 4.79 Å². The van der Waals surface area contributed by atoms with E-state index in [0.717, 1.165) is 0 Å². The molecule has 72 heavy (non-hydrogen) atoms. The number of hydrogen-bond donors (Lipinski definition) is 14. The Labute approximate surface area is 421 Å². The van der Waals surface area contributed by atoms with Gasteiger partial charge in [-0.15, -0.1) is 0 Å². The van der Waals surface area contributed by atoms with Crippen LogP contribution in [0.3, 0.4) is 0 Å². The lowest BCUT2D eigenvalue weighted by atomic mass is 9.96. The summed E-state index contributed by atoms with van der Waals surface area (Å²) in [7, 11) is 0. The van der Waals surface area contributed by atoms with Crippen LogP contribution in [0.5, 0.6) is 0 Å². The number of primary amides is 1. The highest BCUT2D eigenvalue weighted by atomic mass is 16.4. The lowest BCUT2D eigenvalue weighted by molar-refractivity contribution is -0.143. The number of carboxylic acids is 2. The molecule has 0 rings (SSSR count). The molecule has 0 spiro atoms. The Morgan fingerprint density at radius 3 is 1.33 bits per heavy atom. The van der Waals surface area contributed by atoms with Gasteiger partial charge >= 0.3 is 11.9 Å². The molecule has 0 aromatic carbocycles. The lowest BCUT2D eigenvalue weighted by Gasteiger charge is -2.29. The van der Waals surface area contributed by atoms with E-state index < -0.39 is 138 Å². The third-order valence-electron chi connectivity index (χ3n) is 11.2. The Hall–Kier alpha value is -6.60. The Morgan fingerprint density at radius 1 is 0.486 bits per heavy atom. The highest BCUT2D eigenvalue weighted by molar-refractivity contribution is 5.99. The van der Waals surface area contributed by atoms with Crippen molar-refractivity contribution in [2.75, 3.05) is 6.54 Å². The van der Waals surface area contributed by atoms with E-state index in [0.29, 0.717) is 0 Å². The lowest BCUT2D eigenvalue weighted by Crippen LogP contribution is -2.61. The van der Waals surface area contributed by atoms with Gasteiger partial charge < -0.3 is 75.7 Å². The van der Waals surface area contributed by atoms with Crippen molar-refractivity contribution in [2.45, 2.75) is 182 Å². The van der Waals surface area contributed by atoms with Crippen LogP contribution in [0, 0.1) is 29.6 Å². The number of nitrogens with two attached hydrogens (primary N) is 4. The number of aliphatic imine (C=N–C) groups is 1. The molecule has 26 nitrogen and oxygen atoms in total. The second-order valence-electron chi connectivity index (χ2n) is 19.7. The number of nitrogens with zero attached hydrogens (tertiary/aromatic N) is 1. The van der Waals surface area contributed by atoms with Crippen LogP contribution in [0.15, 0.2) is 4.99 Å². The van der Waals surface area contributed by atoms with Crippen LogP contribution in [0.1, 0.15) is 128 Å². The van der Waals surface area contributed by atoms with Crippen molar-refractivity contribution >= 4 is 71.1 Å². The van der Waals surface area contributed by atoms with E-state index in [1.54, 1.807) is 69.2 Å². The number of carbonyl (C=O) groups excluding carboxylic acids is 9. The fourth-order valence-corrected chi connectivity index (χ4v) is 6.95. The van der Waals surface area contributed by atoms with Crippen LogP contribution < -0.4 is 65.5 Å². The van der Waals surface area contributed by atoms with Crippen molar-refractivity contribution in [3.8, 4) is 0 Å². The summed E-state index contributed by atoms with van der Waals surface area (Å²) in [5.74, 6) is -12.8. The first-order valence-electron chi connectivity index (χ1n) is 24.3. The summed E-state index contributed by atoms with van der Waals surface area (Å²) in [4.78, 5) is 149. The topological polar surface area (TPSA) is 441 Å². The maximum atomic E-state index is 14.1. The Balaban J connectivity index is 6.53. The molecule has 9 amide bonds. The zero-order valence-electron chi connectivity index (χ0n) is 43.6. The van der Waals surface area contributed by atoms with Crippen molar-refractivity contribution < 1.29 is 63.0 Å². The SMILES string of the molecule is CC[C@H](C)[C@H](NC(=O)[C@H](CC(=O)O)NC(=O)[C@H](CC(N)=O)NC(=O)[C@H](CC(C)C)NC(=O)[C@@H](N)C(C)C)C(=O)N[C@@H](CC(C)C)C(=O)N[C@@H](C)C(=O)N[C@@H](CCCN=C(N)N)C(=O)N[C@@H](CC(C)C)C(=O)O. The fourth-order valence-electron chi connectivity index (χ4n) is 6.95. The molecule has 18 N–H and O–H groups in total.